The van der Waals surface area contributed by atoms with Crippen molar-refractivity contribution in [2.45, 2.75) is 6.92 Å². The van der Waals surface area contributed by atoms with Crippen LogP contribution in [0.3, 0.4) is 0 Å². The van der Waals surface area contributed by atoms with Gasteiger partial charge in [0.05, 0.1) is 18.4 Å². The minimum Gasteiger partial charge on any atom is -0.497 e. The molecule has 6 nitrogen and oxygen atoms in total. The highest BCUT2D eigenvalue weighted by Crippen LogP contribution is 2.38. The number of halogens is 1. The van der Waals surface area contributed by atoms with Gasteiger partial charge in [-0.25, -0.2) is 9.18 Å². The number of carbonyl (C=O) groups is 2. The summed E-state index contributed by atoms with van der Waals surface area (Å²) in [4.78, 5) is 22.9. The molecule has 7 heteroatoms. The van der Waals surface area contributed by atoms with Crippen molar-refractivity contribution in [1.82, 2.24) is 4.57 Å². The number of carboxylic acid groups (broad SMARTS) is 1. The Hall–Kier alpha value is -4.39. The van der Waals surface area contributed by atoms with E-state index in [4.69, 9.17) is 15.6 Å². The zero-order chi connectivity index (χ0) is 23.7. The first kappa shape index (κ1) is 21.8. The third-order valence-electron chi connectivity index (χ3n) is 5.51. The van der Waals surface area contributed by atoms with E-state index in [1.54, 1.807) is 42.1 Å². The Morgan fingerprint density at radius 3 is 2.27 bits per heavy atom. The van der Waals surface area contributed by atoms with Crippen molar-refractivity contribution in [1.29, 1.82) is 0 Å². The molecule has 0 aliphatic heterocycles. The third-order valence-corrected chi connectivity index (χ3v) is 5.51. The maximum Gasteiger partial charge on any atom is 0.338 e. The number of nitrogens with zero attached hydrogens (tertiary/aromatic N) is 1. The molecule has 0 bridgehead atoms. The molecule has 0 spiro atoms. The Labute approximate surface area is 189 Å². The van der Waals surface area contributed by atoms with Crippen molar-refractivity contribution in [3.63, 3.8) is 0 Å². The van der Waals surface area contributed by atoms with Crippen LogP contribution >= 0.6 is 0 Å². The highest BCUT2D eigenvalue weighted by molar-refractivity contribution is 5.94. The van der Waals surface area contributed by atoms with Crippen molar-refractivity contribution in [2.75, 3.05) is 7.11 Å². The number of rotatable bonds is 6. The summed E-state index contributed by atoms with van der Waals surface area (Å²) in [5, 5.41) is 9.17. The van der Waals surface area contributed by atoms with Crippen molar-refractivity contribution in [3.8, 4) is 33.8 Å². The van der Waals surface area contributed by atoms with Gasteiger partial charge in [0.25, 0.3) is 0 Å². The lowest BCUT2D eigenvalue weighted by Crippen LogP contribution is -2.11. The molecule has 0 saturated heterocycles. The summed E-state index contributed by atoms with van der Waals surface area (Å²) in [5.74, 6) is -1.97. The molecule has 4 rings (SSSR count). The lowest BCUT2D eigenvalue weighted by molar-refractivity contribution is 0.0691. The van der Waals surface area contributed by atoms with E-state index in [0.29, 0.717) is 17.0 Å². The molecule has 1 amide bonds. The fraction of sp³-hybridized carbons (Fsp3) is 0.0769. The Kier molecular flexibility index (Phi) is 5.70. The van der Waals surface area contributed by atoms with Crippen LogP contribution in [0.4, 0.5) is 4.39 Å². The first-order chi connectivity index (χ1) is 15.8. The molecule has 0 aliphatic rings. The second-order valence-corrected chi connectivity index (χ2v) is 7.54. The summed E-state index contributed by atoms with van der Waals surface area (Å²) in [5.41, 5.74) is 10.0. The van der Waals surface area contributed by atoms with Gasteiger partial charge < -0.3 is 20.1 Å². The molecule has 1 heterocycles. The molecule has 4 aromatic rings. The van der Waals surface area contributed by atoms with Crippen LogP contribution in [0.5, 0.6) is 5.75 Å². The number of nitrogens with two attached hydrogens (primary N) is 1. The van der Waals surface area contributed by atoms with Gasteiger partial charge in [-0.2, -0.15) is 0 Å². The molecule has 0 aliphatic carbocycles. The van der Waals surface area contributed by atoms with Crippen LogP contribution in [0.1, 0.15) is 26.3 Å². The van der Waals surface area contributed by atoms with Crippen molar-refractivity contribution < 1.29 is 23.8 Å². The van der Waals surface area contributed by atoms with Crippen molar-refractivity contribution in [2.24, 2.45) is 5.73 Å². The number of hydrogen-bond donors (Lipinski definition) is 2. The smallest absolute Gasteiger partial charge is 0.338 e. The zero-order valence-corrected chi connectivity index (χ0v) is 18.0. The van der Waals surface area contributed by atoms with E-state index in [1.165, 1.54) is 12.1 Å². The number of aryl methyl sites for hydroxylation is 1. The fourth-order valence-corrected chi connectivity index (χ4v) is 3.84. The van der Waals surface area contributed by atoms with Gasteiger partial charge in [-0.05, 0) is 66.6 Å². The molecule has 0 unspecified atom stereocenters. The van der Waals surface area contributed by atoms with Crippen LogP contribution in [0.2, 0.25) is 0 Å². The average molecular weight is 444 g/mol. The summed E-state index contributed by atoms with van der Waals surface area (Å²) >= 11 is 0. The number of carbonyl (C=O) groups excluding carboxylic acids is 1. The van der Waals surface area contributed by atoms with Gasteiger partial charge in [-0.3, -0.25) is 4.79 Å². The van der Waals surface area contributed by atoms with Crippen molar-refractivity contribution >= 4 is 11.9 Å². The third kappa shape index (κ3) is 4.08. The summed E-state index contributed by atoms with van der Waals surface area (Å²) in [6, 6.07) is 18.6. The number of hydrogen-bond acceptors (Lipinski definition) is 3. The number of carboxylic acids is 1. The van der Waals surface area contributed by atoms with Crippen LogP contribution in [0.15, 0.2) is 72.9 Å². The quantitative estimate of drug-likeness (QED) is 0.434. The topological polar surface area (TPSA) is 94.6 Å². The molecule has 0 saturated carbocycles. The first-order valence-corrected chi connectivity index (χ1v) is 10.1. The Balaban J connectivity index is 1.95. The maximum absolute atomic E-state index is 14.5. The minimum atomic E-state index is -1.33. The van der Waals surface area contributed by atoms with Gasteiger partial charge in [0.1, 0.15) is 11.6 Å². The summed E-state index contributed by atoms with van der Waals surface area (Å²) < 4.78 is 21.5. The number of primary amides is 1. The molecule has 3 aromatic carbocycles. The SMILES string of the molecule is COc1ccc(-c2ccn(-c3ccc(C(=O)O)c(F)c3)c2-c2ccc(C(N)=O)cc2C)cc1. The Bertz CT molecular complexity index is 1370. The van der Waals surface area contributed by atoms with E-state index in [9.17, 15) is 14.0 Å². The van der Waals surface area contributed by atoms with E-state index >= 15 is 0 Å². The molecule has 0 radical (unpaired) electrons. The van der Waals surface area contributed by atoms with Gasteiger partial charge in [0, 0.05) is 28.6 Å². The second-order valence-electron chi connectivity index (χ2n) is 7.54. The van der Waals surface area contributed by atoms with Crippen LogP contribution in [-0.2, 0) is 0 Å². The van der Waals surface area contributed by atoms with E-state index in [-0.39, 0.29) is 0 Å². The highest BCUT2D eigenvalue weighted by Gasteiger charge is 2.19. The molecule has 33 heavy (non-hydrogen) atoms. The second kappa shape index (κ2) is 8.63. The van der Waals surface area contributed by atoms with Crippen LogP contribution < -0.4 is 10.5 Å². The van der Waals surface area contributed by atoms with E-state index in [0.717, 1.165) is 27.9 Å². The first-order valence-electron chi connectivity index (χ1n) is 10.1. The predicted octanol–water partition coefficient (Wildman–Crippen LogP) is 5.06. The molecule has 0 atom stereocenters. The Morgan fingerprint density at radius 2 is 1.70 bits per heavy atom. The van der Waals surface area contributed by atoms with Crippen LogP contribution in [0, 0.1) is 12.7 Å². The van der Waals surface area contributed by atoms with E-state index in [1.807, 2.05) is 37.3 Å². The number of ether oxygens (including phenoxy) is 1. The standard InChI is InChI=1S/C26H21FN2O4/c1-15-13-17(25(28)30)5-9-20(15)24-21(16-3-7-19(33-2)8-4-16)11-12-29(24)18-6-10-22(26(31)32)23(27)14-18/h3-14H,1-2H3,(H2,28,30)(H,31,32). The van der Waals surface area contributed by atoms with Gasteiger partial charge in [-0.1, -0.05) is 18.2 Å². The highest BCUT2D eigenvalue weighted by atomic mass is 19.1. The largest absolute Gasteiger partial charge is 0.497 e. The van der Waals surface area contributed by atoms with E-state index < -0.39 is 23.3 Å². The van der Waals surface area contributed by atoms with Crippen LogP contribution in [0.25, 0.3) is 28.1 Å². The summed E-state index contributed by atoms with van der Waals surface area (Å²) in [7, 11) is 1.59. The molecular formula is C26H21FN2O4. The van der Waals surface area contributed by atoms with Gasteiger partial charge >= 0.3 is 5.97 Å². The lowest BCUT2D eigenvalue weighted by Gasteiger charge is -2.16. The molecule has 166 valence electrons. The number of benzene rings is 3. The number of methoxy groups -OCH3 is 1. The molecular weight excluding hydrogens is 423 g/mol. The number of aromatic nitrogens is 1. The fourth-order valence-electron chi connectivity index (χ4n) is 3.84. The monoisotopic (exact) mass is 444 g/mol. The van der Waals surface area contributed by atoms with Gasteiger partial charge in [0.2, 0.25) is 5.91 Å². The van der Waals surface area contributed by atoms with Crippen LogP contribution in [-0.4, -0.2) is 28.7 Å². The minimum absolute atomic E-state index is 0.386. The van der Waals surface area contributed by atoms with E-state index in [2.05, 4.69) is 0 Å². The number of aromatic carboxylic acids is 1. The number of amides is 1. The zero-order valence-electron chi connectivity index (χ0n) is 18.0. The van der Waals surface area contributed by atoms with Gasteiger partial charge in [-0.15, -0.1) is 0 Å². The van der Waals surface area contributed by atoms with Crippen molar-refractivity contribution in [3.05, 3.63) is 95.4 Å². The normalized spacial score (nSPS) is 10.8. The molecule has 1 aromatic heterocycles. The van der Waals surface area contributed by atoms with Gasteiger partial charge in [0.15, 0.2) is 0 Å². The maximum atomic E-state index is 14.5. The molecule has 0 fully saturated rings. The summed E-state index contributed by atoms with van der Waals surface area (Å²) in [6.07, 6.45) is 1.80. The summed E-state index contributed by atoms with van der Waals surface area (Å²) in [6.45, 7) is 1.87. The lowest BCUT2D eigenvalue weighted by atomic mass is 9.96. The predicted molar refractivity (Wildman–Crippen MR) is 123 cm³/mol. The average Bonchev–Trinajstić information content (AvgIpc) is 3.23. The Morgan fingerprint density at radius 1 is 0.970 bits per heavy atom. The molecule has 3 N–H and O–H groups in total.